The Kier molecular flexibility index (Phi) is 6.35. The summed E-state index contributed by atoms with van der Waals surface area (Å²) in [5, 5.41) is 2.96. The highest BCUT2D eigenvalue weighted by Gasteiger charge is 2.28. The molecule has 1 fully saturated rings. The van der Waals surface area contributed by atoms with Crippen LogP contribution in [0, 0.1) is 5.92 Å². The minimum atomic E-state index is -0.102. The molecule has 0 radical (unpaired) electrons. The van der Waals surface area contributed by atoms with Crippen molar-refractivity contribution in [2.24, 2.45) is 5.92 Å². The molecule has 3 aromatic rings. The SMILES string of the molecule is CC(=O)c1cccc(NC(=O)C2CCN(c3nc4ccccc4nc3OC(C)C)CC2)c1. The minimum absolute atomic E-state index is 0.0155. The first-order valence-corrected chi connectivity index (χ1v) is 11.0. The average Bonchev–Trinajstić information content (AvgIpc) is 2.78. The van der Waals surface area contributed by atoms with Crippen molar-refractivity contribution >= 4 is 34.2 Å². The maximum absolute atomic E-state index is 12.8. The van der Waals surface area contributed by atoms with Crippen LogP contribution in [0.15, 0.2) is 48.5 Å². The van der Waals surface area contributed by atoms with E-state index in [4.69, 9.17) is 9.72 Å². The molecule has 0 bridgehead atoms. The fourth-order valence-electron chi connectivity index (χ4n) is 3.90. The van der Waals surface area contributed by atoms with Gasteiger partial charge in [-0.15, -0.1) is 0 Å². The third-order valence-electron chi connectivity index (χ3n) is 5.57. The van der Waals surface area contributed by atoms with Crippen LogP contribution < -0.4 is 15.0 Å². The van der Waals surface area contributed by atoms with E-state index in [0.717, 1.165) is 16.9 Å². The van der Waals surface area contributed by atoms with Gasteiger partial charge in [0.25, 0.3) is 5.88 Å². The topological polar surface area (TPSA) is 84.4 Å². The number of fused-ring (bicyclic) bond motifs is 1. The molecule has 7 heteroatoms. The summed E-state index contributed by atoms with van der Waals surface area (Å²) in [6.07, 6.45) is 1.39. The molecular formula is C25H28N4O3. The van der Waals surface area contributed by atoms with Crippen LogP contribution in [0.1, 0.15) is 44.0 Å². The van der Waals surface area contributed by atoms with Gasteiger partial charge in [-0.3, -0.25) is 9.59 Å². The number of carbonyl (C=O) groups excluding carboxylic acids is 2. The Hall–Kier alpha value is -3.48. The van der Waals surface area contributed by atoms with E-state index in [1.54, 1.807) is 24.3 Å². The Morgan fingerprint density at radius 2 is 1.72 bits per heavy atom. The van der Waals surface area contributed by atoms with Crippen LogP contribution in [0.5, 0.6) is 5.88 Å². The fourth-order valence-corrected chi connectivity index (χ4v) is 3.90. The molecule has 7 nitrogen and oxygen atoms in total. The Morgan fingerprint density at radius 1 is 1.03 bits per heavy atom. The standard InChI is InChI=1S/C25H28N4O3/c1-16(2)32-25-23(27-21-9-4-5-10-22(21)28-25)29-13-11-18(12-14-29)24(31)26-20-8-6-7-19(15-20)17(3)30/h4-10,15-16,18H,11-14H2,1-3H3,(H,26,31). The third kappa shape index (κ3) is 4.88. The molecule has 0 aliphatic carbocycles. The molecule has 0 unspecified atom stereocenters. The fraction of sp³-hybridized carbons (Fsp3) is 0.360. The van der Waals surface area contributed by atoms with Crippen molar-refractivity contribution in [3.63, 3.8) is 0 Å². The molecular weight excluding hydrogens is 404 g/mol. The lowest BCUT2D eigenvalue weighted by atomic mass is 9.95. The van der Waals surface area contributed by atoms with Crippen molar-refractivity contribution in [2.45, 2.75) is 39.7 Å². The van der Waals surface area contributed by atoms with E-state index in [-0.39, 0.29) is 23.7 Å². The van der Waals surface area contributed by atoms with Gasteiger partial charge in [0.1, 0.15) is 0 Å². The molecule has 0 saturated carbocycles. The summed E-state index contributed by atoms with van der Waals surface area (Å²) < 4.78 is 5.97. The zero-order chi connectivity index (χ0) is 22.7. The van der Waals surface area contributed by atoms with Crippen LogP contribution >= 0.6 is 0 Å². The second kappa shape index (κ2) is 9.34. The number of ether oxygens (including phenoxy) is 1. The summed E-state index contributed by atoms with van der Waals surface area (Å²) in [6, 6.07) is 14.8. The van der Waals surface area contributed by atoms with Gasteiger partial charge in [0.15, 0.2) is 11.6 Å². The lowest BCUT2D eigenvalue weighted by molar-refractivity contribution is -0.120. The average molecular weight is 433 g/mol. The maximum Gasteiger partial charge on any atom is 0.258 e. The number of benzene rings is 2. The zero-order valence-corrected chi connectivity index (χ0v) is 18.7. The van der Waals surface area contributed by atoms with Crippen molar-refractivity contribution in [2.75, 3.05) is 23.3 Å². The molecule has 32 heavy (non-hydrogen) atoms. The molecule has 1 amide bonds. The largest absolute Gasteiger partial charge is 0.472 e. The Bertz CT molecular complexity index is 1140. The van der Waals surface area contributed by atoms with Gasteiger partial charge in [-0.25, -0.2) is 9.97 Å². The Morgan fingerprint density at radius 3 is 2.38 bits per heavy atom. The van der Waals surface area contributed by atoms with Crippen molar-refractivity contribution in [1.29, 1.82) is 0 Å². The summed E-state index contributed by atoms with van der Waals surface area (Å²) in [5.74, 6) is 1.11. The van der Waals surface area contributed by atoms with Crippen LogP contribution in [0.4, 0.5) is 11.5 Å². The molecule has 1 aromatic heterocycles. The number of para-hydroxylation sites is 2. The van der Waals surface area contributed by atoms with Gasteiger partial charge >= 0.3 is 0 Å². The number of nitrogens with one attached hydrogen (secondary N) is 1. The van der Waals surface area contributed by atoms with E-state index >= 15 is 0 Å². The first-order valence-electron chi connectivity index (χ1n) is 11.0. The number of amides is 1. The van der Waals surface area contributed by atoms with Crippen LogP contribution in [0.2, 0.25) is 0 Å². The number of ketones is 1. The van der Waals surface area contributed by atoms with Gasteiger partial charge in [-0.05, 0) is 57.9 Å². The second-order valence-corrected chi connectivity index (χ2v) is 8.40. The molecule has 1 aliphatic rings. The summed E-state index contributed by atoms with van der Waals surface area (Å²) in [4.78, 5) is 36.1. The first kappa shape index (κ1) is 21.7. The predicted octanol–water partition coefficient (Wildman–Crippen LogP) is 4.47. The van der Waals surface area contributed by atoms with Crippen LogP contribution in [-0.2, 0) is 4.79 Å². The number of anilines is 2. The van der Waals surface area contributed by atoms with Crippen molar-refractivity contribution in [3.05, 3.63) is 54.1 Å². The number of nitrogens with zero attached hydrogens (tertiary/aromatic N) is 3. The molecule has 2 heterocycles. The molecule has 0 spiro atoms. The van der Waals surface area contributed by atoms with Crippen LogP contribution in [0.3, 0.4) is 0 Å². The maximum atomic E-state index is 12.8. The summed E-state index contributed by atoms with van der Waals surface area (Å²) in [6.45, 7) is 6.83. The highest BCUT2D eigenvalue weighted by molar-refractivity contribution is 5.97. The number of hydrogen-bond donors (Lipinski definition) is 1. The Labute approximate surface area is 187 Å². The summed E-state index contributed by atoms with van der Waals surface area (Å²) in [7, 11) is 0. The Balaban J connectivity index is 1.46. The summed E-state index contributed by atoms with van der Waals surface area (Å²) in [5.41, 5.74) is 2.86. The van der Waals surface area contributed by atoms with Gasteiger partial charge in [-0.2, -0.15) is 0 Å². The number of hydrogen-bond acceptors (Lipinski definition) is 6. The van der Waals surface area contributed by atoms with E-state index in [2.05, 4.69) is 15.2 Å². The number of aromatic nitrogens is 2. The van der Waals surface area contributed by atoms with E-state index < -0.39 is 0 Å². The number of rotatable bonds is 6. The first-order chi connectivity index (χ1) is 15.4. The lowest BCUT2D eigenvalue weighted by Crippen LogP contribution is -2.39. The monoisotopic (exact) mass is 432 g/mol. The normalized spacial score (nSPS) is 14.6. The number of piperidine rings is 1. The minimum Gasteiger partial charge on any atom is -0.472 e. The summed E-state index contributed by atoms with van der Waals surface area (Å²) >= 11 is 0. The highest BCUT2D eigenvalue weighted by Crippen LogP contribution is 2.31. The molecule has 166 valence electrons. The van der Waals surface area contributed by atoms with E-state index in [0.29, 0.717) is 43.1 Å². The highest BCUT2D eigenvalue weighted by atomic mass is 16.5. The van der Waals surface area contributed by atoms with E-state index in [1.807, 2.05) is 38.1 Å². The lowest BCUT2D eigenvalue weighted by Gasteiger charge is -2.33. The van der Waals surface area contributed by atoms with Gasteiger partial charge in [0.05, 0.1) is 17.1 Å². The van der Waals surface area contributed by atoms with Gasteiger partial charge < -0.3 is 15.0 Å². The quantitative estimate of drug-likeness (QED) is 0.579. The van der Waals surface area contributed by atoms with Gasteiger partial charge in [0, 0.05) is 30.3 Å². The van der Waals surface area contributed by atoms with Crippen LogP contribution in [0.25, 0.3) is 11.0 Å². The van der Waals surface area contributed by atoms with Crippen molar-refractivity contribution in [3.8, 4) is 5.88 Å². The molecule has 0 atom stereocenters. The molecule has 1 saturated heterocycles. The zero-order valence-electron chi connectivity index (χ0n) is 18.7. The number of Topliss-reactive ketones (excluding diaryl/α,β-unsaturated/α-hetero) is 1. The second-order valence-electron chi connectivity index (χ2n) is 8.40. The molecule has 2 aromatic carbocycles. The number of carbonyl (C=O) groups is 2. The van der Waals surface area contributed by atoms with Crippen LogP contribution in [-0.4, -0.2) is 40.9 Å². The van der Waals surface area contributed by atoms with Crippen molar-refractivity contribution in [1.82, 2.24) is 9.97 Å². The smallest absolute Gasteiger partial charge is 0.258 e. The van der Waals surface area contributed by atoms with E-state index in [9.17, 15) is 9.59 Å². The molecule has 4 rings (SSSR count). The van der Waals surface area contributed by atoms with Gasteiger partial charge in [0.2, 0.25) is 5.91 Å². The molecule has 1 aliphatic heterocycles. The third-order valence-corrected chi connectivity index (χ3v) is 5.57. The predicted molar refractivity (Wildman–Crippen MR) is 125 cm³/mol. The van der Waals surface area contributed by atoms with Crippen molar-refractivity contribution < 1.29 is 14.3 Å². The molecule has 1 N–H and O–H groups in total. The van der Waals surface area contributed by atoms with Gasteiger partial charge in [-0.1, -0.05) is 24.3 Å². The van der Waals surface area contributed by atoms with E-state index in [1.165, 1.54) is 6.92 Å².